The molecular formula is C10H9NO2. The van der Waals surface area contributed by atoms with E-state index in [0.29, 0.717) is 12.4 Å². The number of aromatic hydroxyl groups is 1. The first-order chi connectivity index (χ1) is 6.27. The molecule has 0 saturated carbocycles. The first-order valence-corrected chi connectivity index (χ1v) is 3.74. The monoisotopic (exact) mass is 175 g/mol. The second-order valence-electron chi connectivity index (χ2n) is 2.39. The zero-order chi connectivity index (χ0) is 9.68. The lowest BCUT2D eigenvalue weighted by molar-refractivity contribution is 0.360. The van der Waals surface area contributed by atoms with E-state index >= 15 is 0 Å². The second kappa shape index (κ2) is 4.17. The Labute approximate surface area is 76.5 Å². The van der Waals surface area contributed by atoms with Gasteiger partial charge in [-0.2, -0.15) is 5.26 Å². The fourth-order valence-corrected chi connectivity index (χ4v) is 0.851. The number of nitrogens with zero attached hydrogens (tertiary/aromatic N) is 1. The van der Waals surface area contributed by atoms with E-state index in [1.807, 2.05) is 6.07 Å². The largest absolute Gasteiger partial charge is 0.506 e. The van der Waals surface area contributed by atoms with Crippen LogP contribution >= 0.6 is 0 Å². The van der Waals surface area contributed by atoms with Gasteiger partial charge in [0.15, 0.2) is 0 Å². The highest BCUT2D eigenvalue weighted by Gasteiger charge is 2.01. The van der Waals surface area contributed by atoms with Crippen molar-refractivity contribution < 1.29 is 9.84 Å². The van der Waals surface area contributed by atoms with E-state index in [9.17, 15) is 5.11 Å². The summed E-state index contributed by atoms with van der Waals surface area (Å²) in [6, 6.07) is 6.39. The molecule has 0 heterocycles. The number of hydrogen-bond donors (Lipinski definition) is 1. The Hall–Kier alpha value is -1.95. The molecule has 1 rings (SSSR count). The predicted octanol–water partition coefficient (Wildman–Crippen LogP) is 1.83. The SMILES string of the molecule is C=CCOc1ccc(C#N)c(O)c1. The highest BCUT2D eigenvalue weighted by Crippen LogP contribution is 2.22. The molecule has 0 atom stereocenters. The minimum Gasteiger partial charge on any atom is -0.506 e. The number of phenols is 1. The molecule has 0 amide bonds. The zero-order valence-corrected chi connectivity index (χ0v) is 7.03. The molecule has 0 unspecified atom stereocenters. The summed E-state index contributed by atoms with van der Waals surface area (Å²) >= 11 is 0. The van der Waals surface area contributed by atoms with Crippen molar-refractivity contribution in [3.63, 3.8) is 0 Å². The third-order valence-corrected chi connectivity index (χ3v) is 1.46. The maximum Gasteiger partial charge on any atom is 0.137 e. The molecule has 0 aromatic heterocycles. The molecular weight excluding hydrogens is 166 g/mol. The molecule has 3 nitrogen and oxygen atoms in total. The lowest BCUT2D eigenvalue weighted by Gasteiger charge is -2.03. The molecule has 0 aliphatic carbocycles. The van der Waals surface area contributed by atoms with Gasteiger partial charge in [-0.15, -0.1) is 0 Å². The smallest absolute Gasteiger partial charge is 0.137 e. The van der Waals surface area contributed by atoms with E-state index in [2.05, 4.69) is 6.58 Å². The van der Waals surface area contributed by atoms with Crippen LogP contribution in [0, 0.1) is 11.3 Å². The van der Waals surface area contributed by atoms with E-state index in [-0.39, 0.29) is 11.3 Å². The first-order valence-electron chi connectivity index (χ1n) is 3.74. The van der Waals surface area contributed by atoms with Crippen LogP contribution in [-0.4, -0.2) is 11.7 Å². The lowest BCUT2D eigenvalue weighted by atomic mass is 10.2. The van der Waals surface area contributed by atoms with Crippen molar-refractivity contribution in [2.45, 2.75) is 0 Å². The van der Waals surface area contributed by atoms with Crippen molar-refractivity contribution in [3.05, 3.63) is 36.4 Å². The molecule has 0 saturated heterocycles. The Balaban J connectivity index is 2.84. The number of ether oxygens (including phenoxy) is 1. The standard InChI is InChI=1S/C10H9NO2/c1-2-5-13-9-4-3-8(7-11)10(12)6-9/h2-4,6,12H,1,5H2. The topological polar surface area (TPSA) is 53.2 Å². The Morgan fingerprint density at radius 1 is 1.62 bits per heavy atom. The van der Waals surface area contributed by atoms with Crippen LogP contribution in [0.4, 0.5) is 0 Å². The summed E-state index contributed by atoms with van der Waals surface area (Å²) < 4.78 is 5.15. The highest BCUT2D eigenvalue weighted by molar-refractivity contribution is 5.46. The molecule has 0 radical (unpaired) electrons. The molecule has 3 heteroatoms. The van der Waals surface area contributed by atoms with Gasteiger partial charge in [-0.25, -0.2) is 0 Å². The van der Waals surface area contributed by atoms with E-state index in [1.54, 1.807) is 12.1 Å². The number of benzene rings is 1. The van der Waals surface area contributed by atoms with Gasteiger partial charge in [0.25, 0.3) is 0 Å². The van der Waals surface area contributed by atoms with E-state index < -0.39 is 0 Å². The second-order valence-corrected chi connectivity index (χ2v) is 2.39. The van der Waals surface area contributed by atoms with Crippen molar-refractivity contribution >= 4 is 0 Å². The van der Waals surface area contributed by atoms with Gasteiger partial charge in [-0.3, -0.25) is 0 Å². The van der Waals surface area contributed by atoms with Crippen LogP contribution in [0.2, 0.25) is 0 Å². The van der Waals surface area contributed by atoms with Crippen LogP contribution in [0.3, 0.4) is 0 Å². The third kappa shape index (κ3) is 2.24. The number of hydrogen-bond acceptors (Lipinski definition) is 3. The van der Waals surface area contributed by atoms with E-state index in [4.69, 9.17) is 10.00 Å². The first kappa shape index (κ1) is 9.14. The fourth-order valence-electron chi connectivity index (χ4n) is 0.851. The average Bonchev–Trinajstić information content (AvgIpc) is 2.15. The van der Waals surface area contributed by atoms with Gasteiger partial charge < -0.3 is 9.84 Å². The van der Waals surface area contributed by atoms with Gasteiger partial charge in [0.05, 0.1) is 5.56 Å². The molecule has 0 aliphatic rings. The van der Waals surface area contributed by atoms with Crippen LogP contribution in [0.5, 0.6) is 11.5 Å². The summed E-state index contributed by atoms with van der Waals surface area (Å²) in [4.78, 5) is 0. The molecule has 0 bridgehead atoms. The normalized spacial score (nSPS) is 8.85. The predicted molar refractivity (Wildman–Crippen MR) is 48.5 cm³/mol. The van der Waals surface area contributed by atoms with Crippen molar-refractivity contribution in [3.8, 4) is 17.6 Å². The highest BCUT2D eigenvalue weighted by atomic mass is 16.5. The maximum absolute atomic E-state index is 9.26. The summed E-state index contributed by atoms with van der Waals surface area (Å²) in [5.74, 6) is 0.459. The Kier molecular flexibility index (Phi) is 2.93. The van der Waals surface area contributed by atoms with Crippen LogP contribution in [-0.2, 0) is 0 Å². The number of rotatable bonds is 3. The van der Waals surface area contributed by atoms with Gasteiger partial charge in [-0.05, 0) is 12.1 Å². The van der Waals surface area contributed by atoms with Gasteiger partial charge in [0, 0.05) is 6.07 Å². The molecule has 66 valence electrons. The summed E-state index contributed by atoms with van der Waals surface area (Å²) in [5.41, 5.74) is 0.242. The van der Waals surface area contributed by atoms with Crippen molar-refractivity contribution in [1.29, 1.82) is 5.26 Å². The average molecular weight is 175 g/mol. The van der Waals surface area contributed by atoms with E-state index in [0.717, 1.165) is 0 Å². The van der Waals surface area contributed by atoms with Gasteiger partial charge in [0.1, 0.15) is 24.2 Å². The maximum atomic E-state index is 9.26. The molecule has 0 aliphatic heterocycles. The minimum atomic E-state index is -0.0657. The van der Waals surface area contributed by atoms with Gasteiger partial charge >= 0.3 is 0 Å². The minimum absolute atomic E-state index is 0.0657. The Morgan fingerprint density at radius 2 is 2.38 bits per heavy atom. The molecule has 1 aromatic rings. The van der Waals surface area contributed by atoms with Gasteiger partial charge in [-0.1, -0.05) is 12.7 Å². The summed E-state index contributed by atoms with van der Waals surface area (Å²) in [6.45, 7) is 3.87. The van der Waals surface area contributed by atoms with Crippen molar-refractivity contribution in [1.82, 2.24) is 0 Å². The summed E-state index contributed by atoms with van der Waals surface area (Å²) in [6.07, 6.45) is 1.61. The van der Waals surface area contributed by atoms with Crippen LogP contribution in [0.25, 0.3) is 0 Å². The van der Waals surface area contributed by atoms with Crippen LogP contribution < -0.4 is 4.74 Å². The fraction of sp³-hybridized carbons (Fsp3) is 0.100. The Morgan fingerprint density at radius 3 is 2.92 bits per heavy atom. The van der Waals surface area contributed by atoms with Gasteiger partial charge in [0.2, 0.25) is 0 Å². The Bertz CT molecular complexity index is 352. The van der Waals surface area contributed by atoms with Crippen LogP contribution in [0.15, 0.2) is 30.9 Å². The van der Waals surface area contributed by atoms with Crippen molar-refractivity contribution in [2.24, 2.45) is 0 Å². The van der Waals surface area contributed by atoms with E-state index in [1.165, 1.54) is 12.1 Å². The van der Waals surface area contributed by atoms with Crippen molar-refractivity contribution in [2.75, 3.05) is 6.61 Å². The molecule has 1 aromatic carbocycles. The molecule has 0 spiro atoms. The lowest BCUT2D eigenvalue weighted by Crippen LogP contribution is -1.92. The number of phenolic OH excluding ortho intramolecular Hbond substituents is 1. The summed E-state index contributed by atoms with van der Waals surface area (Å²) in [5, 5.41) is 17.8. The molecule has 0 fully saturated rings. The third-order valence-electron chi connectivity index (χ3n) is 1.46. The molecule has 13 heavy (non-hydrogen) atoms. The zero-order valence-electron chi connectivity index (χ0n) is 7.03. The summed E-state index contributed by atoms with van der Waals surface area (Å²) in [7, 11) is 0. The van der Waals surface area contributed by atoms with Crippen LogP contribution in [0.1, 0.15) is 5.56 Å². The number of nitriles is 1. The quantitative estimate of drug-likeness (QED) is 0.713. The molecule has 1 N–H and O–H groups in total.